The minimum Gasteiger partial charge on any atom is -0.308 e. The summed E-state index contributed by atoms with van der Waals surface area (Å²) in [6.07, 6.45) is -10.1. The van der Waals surface area contributed by atoms with Gasteiger partial charge in [-0.05, 0) is 114 Å². The van der Waals surface area contributed by atoms with Crippen molar-refractivity contribution in [1.82, 2.24) is 9.13 Å². The van der Waals surface area contributed by atoms with E-state index in [0.717, 1.165) is 67.1 Å². The lowest BCUT2D eigenvalue weighted by Crippen LogP contribution is -2.11. The first-order chi connectivity index (χ1) is 29.8. The van der Waals surface area contributed by atoms with Gasteiger partial charge in [0.2, 0.25) is 0 Å². The van der Waals surface area contributed by atoms with Crippen LogP contribution in [0.25, 0.3) is 88.4 Å². The molecule has 0 saturated carbocycles. The highest BCUT2D eigenvalue weighted by atomic mass is 19.4. The van der Waals surface area contributed by atoms with E-state index in [4.69, 9.17) is 0 Å². The van der Waals surface area contributed by atoms with Gasteiger partial charge in [-0.3, -0.25) is 0 Å². The number of alkyl halides is 6. The van der Waals surface area contributed by atoms with Crippen molar-refractivity contribution in [1.29, 1.82) is 5.26 Å². The summed E-state index contributed by atoms with van der Waals surface area (Å²) in [7, 11) is 0. The smallest absolute Gasteiger partial charge is 0.308 e. The van der Waals surface area contributed by atoms with E-state index in [9.17, 15) is 31.6 Å². The molecule has 0 fully saturated rings. The summed E-state index contributed by atoms with van der Waals surface area (Å²) in [4.78, 5) is 0. The molecule has 8 aromatic carbocycles. The molecule has 10 aromatic rings. The van der Waals surface area contributed by atoms with Crippen LogP contribution in [0.2, 0.25) is 0 Å². The average molecular weight is 826 g/mol. The predicted octanol–water partition coefficient (Wildman–Crippen LogP) is 15.4. The summed E-state index contributed by atoms with van der Waals surface area (Å²) in [5, 5.41) is 14.7. The van der Waals surface area contributed by atoms with Gasteiger partial charge in [-0.2, -0.15) is 31.6 Å². The van der Waals surface area contributed by atoms with Crippen LogP contribution in [0.15, 0.2) is 164 Å². The van der Waals surface area contributed by atoms with Crippen LogP contribution in [0.5, 0.6) is 0 Å². The Hall–Kier alpha value is -7.57. The van der Waals surface area contributed by atoms with Gasteiger partial charge in [-0.15, -0.1) is 0 Å². The van der Waals surface area contributed by atoms with E-state index in [-0.39, 0.29) is 22.8 Å². The summed E-state index contributed by atoms with van der Waals surface area (Å²) in [5.74, 6) is 0. The molecule has 302 valence electrons. The third kappa shape index (κ3) is 6.47. The molecule has 3 nitrogen and oxygen atoms in total. The first-order valence-electron chi connectivity index (χ1n) is 19.9. The fraction of sp³-hybridized carbons (Fsp3) is 0.0755. The molecule has 0 saturated heterocycles. The lowest BCUT2D eigenvalue weighted by molar-refractivity contribution is -0.143. The van der Waals surface area contributed by atoms with Crippen molar-refractivity contribution in [2.24, 2.45) is 0 Å². The van der Waals surface area contributed by atoms with E-state index >= 15 is 0 Å². The Morgan fingerprint density at radius 1 is 0.387 bits per heavy atom. The zero-order valence-electron chi connectivity index (χ0n) is 33.2. The fourth-order valence-electron chi connectivity index (χ4n) is 8.68. The Labute approximate surface area is 351 Å². The molecule has 2 heterocycles. The van der Waals surface area contributed by atoms with E-state index in [1.54, 1.807) is 0 Å². The number of hydrogen-bond donors (Lipinski definition) is 0. The van der Waals surface area contributed by atoms with Crippen molar-refractivity contribution in [3.8, 4) is 50.8 Å². The maximum atomic E-state index is 14.4. The highest BCUT2D eigenvalue weighted by Gasteiger charge is 2.37. The molecule has 0 radical (unpaired) electrons. The summed E-state index contributed by atoms with van der Waals surface area (Å²) in [6, 6.07) is 50.6. The largest absolute Gasteiger partial charge is 0.416 e. The molecule has 0 bridgehead atoms. The molecule has 62 heavy (non-hydrogen) atoms. The number of para-hydroxylation sites is 2. The molecular weight excluding hydrogens is 793 g/mol. The molecular formula is C53H33F6N3. The number of hydrogen-bond acceptors (Lipinski definition) is 1. The Bertz CT molecular complexity index is 3240. The first kappa shape index (κ1) is 38.6. The Kier molecular flexibility index (Phi) is 8.89. The van der Waals surface area contributed by atoms with E-state index in [1.165, 1.54) is 12.1 Å². The summed E-state index contributed by atoms with van der Waals surface area (Å²) < 4.78 is 90.2. The number of halogens is 6. The maximum absolute atomic E-state index is 14.4. The first-order valence-corrected chi connectivity index (χ1v) is 19.9. The number of aryl methyl sites for hydroxylation is 2. The van der Waals surface area contributed by atoms with Crippen molar-refractivity contribution in [3.05, 3.63) is 192 Å². The third-order valence-electron chi connectivity index (χ3n) is 11.7. The van der Waals surface area contributed by atoms with Crippen LogP contribution >= 0.6 is 0 Å². The van der Waals surface area contributed by atoms with Gasteiger partial charge in [0.05, 0.1) is 44.6 Å². The molecule has 0 spiro atoms. The standard InChI is InChI=1S/C53H33F6N3/c1-31-11-15-33(16-12-31)35-19-21-48-43(25-35)41-7-3-5-9-46(41)61(48)50-27-38(37-23-39(52(54,55)56)29-40(24-37)53(57,58)59)28-51(45(50)30-60)62-47-10-6-4-8-42(47)44-26-36(20-22-49(44)62)34-17-13-32(2)14-18-34/h3-29H,1-2H3. The topological polar surface area (TPSA) is 33.6 Å². The van der Waals surface area contributed by atoms with Crippen molar-refractivity contribution in [2.45, 2.75) is 26.2 Å². The minimum atomic E-state index is -5.07. The average Bonchev–Trinajstić information content (AvgIpc) is 3.77. The van der Waals surface area contributed by atoms with Crippen LogP contribution in [-0.4, -0.2) is 9.13 Å². The normalized spacial score (nSPS) is 12.2. The summed E-state index contributed by atoms with van der Waals surface area (Å²) in [5.41, 5.74) is 6.59. The number of nitrogens with zero attached hydrogens (tertiary/aromatic N) is 3. The molecule has 0 atom stereocenters. The van der Waals surface area contributed by atoms with Gasteiger partial charge in [0.15, 0.2) is 0 Å². The molecule has 0 aliphatic rings. The highest BCUT2D eigenvalue weighted by Crippen LogP contribution is 2.44. The molecule has 0 aliphatic carbocycles. The highest BCUT2D eigenvalue weighted by molar-refractivity contribution is 6.12. The zero-order valence-corrected chi connectivity index (χ0v) is 33.2. The van der Waals surface area contributed by atoms with E-state index in [0.29, 0.717) is 33.4 Å². The lowest BCUT2D eigenvalue weighted by Gasteiger charge is -2.20. The second-order valence-electron chi connectivity index (χ2n) is 15.7. The van der Waals surface area contributed by atoms with Gasteiger partial charge in [0, 0.05) is 21.5 Å². The second-order valence-corrected chi connectivity index (χ2v) is 15.7. The van der Waals surface area contributed by atoms with Crippen molar-refractivity contribution in [2.75, 3.05) is 0 Å². The van der Waals surface area contributed by atoms with Gasteiger partial charge >= 0.3 is 12.4 Å². The Morgan fingerprint density at radius 2 is 0.758 bits per heavy atom. The molecule has 10 rings (SSSR count). The van der Waals surface area contributed by atoms with Crippen LogP contribution < -0.4 is 0 Å². The fourth-order valence-corrected chi connectivity index (χ4v) is 8.68. The summed E-state index contributed by atoms with van der Waals surface area (Å²) in [6.45, 7) is 4.03. The molecule has 9 heteroatoms. The molecule has 2 aromatic heterocycles. The summed E-state index contributed by atoms with van der Waals surface area (Å²) >= 11 is 0. The number of aromatic nitrogens is 2. The van der Waals surface area contributed by atoms with Gasteiger partial charge in [0.25, 0.3) is 0 Å². The number of rotatable bonds is 5. The van der Waals surface area contributed by atoms with Crippen LogP contribution in [0.1, 0.15) is 27.8 Å². The van der Waals surface area contributed by atoms with Gasteiger partial charge < -0.3 is 9.13 Å². The van der Waals surface area contributed by atoms with E-state index in [2.05, 4.69) is 18.2 Å². The van der Waals surface area contributed by atoms with Crippen molar-refractivity contribution < 1.29 is 26.3 Å². The van der Waals surface area contributed by atoms with E-state index < -0.39 is 23.5 Å². The number of benzene rings is 8. The second kappa shape index (κ2) is 14.3. The SMILES string of the molecule is Cc1ccc(-c2ccc3c(c2)c2ccccc2n3-c2cc(-c3cc(C(F)(F)F)cc(C(F)(F)F)c3)cc(-n3c4ccccc4c4cc(-c5ccc(C)cc5)ccc43)c2C#N)cc1. The van der Waals surface area contributed by atoms with Gasteiger partial charge in [-0.25, -0.2) is 0 Å². The monoisotopic (exact) mass is 825 g/mol. The lowest BCUT2D eigenvalue weighted by atomic mass is 9.96. The molecule has 0 aliphatic heterocycles. The quantitative estimate of drug-likeness (QED) is 0.159. The number of fused-ring (bicyclic) bond motifs is 6. The van der Waals surface area contributed by atoms with Crippen LogP contribution in [0, 0.1) is 25.2 Å². The Balaban J connectivity index is 1.32. The van der Waals surface area contributed by atoms with Crippen LogP contribution in [0.3, 0.4) is 0 Å². The zero-order chi connectivity index (χ0) is 43.1. The van der Waals surface area contributed by atoms with Crippen LogP contribution in [0.4, 0.5) is 26.3 Å². The minimum absolute atomic E-state index is 0.0648. The molecule has 0 N–H and O–H groups in total. The third-order valence-corrected chi connectivity index (χ3v) is 11.7. The Morgan fingerprint density at radius 3 is 1.16 bits per heavy atom. The molecule has 0 amide bonds. The van der Waals surface area contributed by atoms with E-state index in [1.807, 2.05) is 144 Å². The van der Waals surface area contributed by atoms with Gasteiger partial charge in [-0.1, -0.05) is 108 Å². The predicted molar refractivity (Wildman–Crippen MR) is 236 cm³/mol. The van der Waals surface area contributed by atoms with Crippen LogP contribution in [-0.2, 0) is 12.4 Å². The maximum Gasteiger partial charge on any atom is 0.416 e. The van der Waals surface area contributed by atoms with Crippen molar-refractivity contribution >= 4 is 43.6 Å². The van der Waals surface area contributed by atoms with Crippen molar-refractivity contribution in [3.63, 3.8) is 0 Å². The number of nitriles is 1. The molecule has 0 unspecified atom stereocenters. The van der Waals surface area contributed by atoms with Gasteiger partial charge in [0.1, 0.15) is 11.6 Å².